The highest BCUT2D eigenvalue weighted by Crippen LogP contribution is 2.31. The molecule has 0 unspecified atom stereocenters. The van der Waals surface area contributed by atoms with E-state index in [0.717, 1.165) is 6.42 Å². The van der Waals surface area contributed by atoms with E-state index in [2.05, 4.69) is 56.3 Å². The Morgan fingerprint density at radius 2 is 1.78 bits per heavy atom. The van der Waals surface area contributed by atoms with Crippen molar-refractivity contribution < 1.29 is 0 Å². The molecule has 0 aliphatic carbocycles. The predicted octanol–water partition coefficient (Wildman–Crippen LogP) is 3.96. The number of nitrogens with two attached hydrogens (primary N) is 1. The van der Waals surface area contributed by atoms with Crippen LogP contribution in [0.15, 0.2) is 52.3 Å². The van der Waals surface area contributed by atoms with Gasteiger partial charge in [0.15, 0.2) is 0 Å². The van der Waals surface area contributed by atoms with Crippen LogP contribution < -0.4 is 5.73 Å². The third-order valence-electron chi connectivity index (χ3n) is 3.05. The first kappa shape index (κ1) is 13.2. The van der Waals surface area contributed by atoms with E-state index in [4.69, 9.17) is 5.73 Å². The van der Waals surface area contributed by atoms with Crippen LogP contribution >= 0.6 is 11.8 Å². The smallest absolute Gasteiger partial charge is 0.0151 e. The van der Waals surface area contributed by atoms with Gasteiger partial charge in [0.2, 0.25) is 0 Å². The van der Waals surface area contributed by atoms with Gasteiger partial charge in [-0.15, -0.1) is 0 Å². The van der Waals surface area contributed by atoms with E-state index in [0.29, 0.717) is 6.54 Å². The second-order valence-corrected chi connectivity index (χ2v) is 5.61. The molecule has 18 heavy (non-hydrogen) atoms. The highest BCUT2D eigenvalue weighted by atomic mass is 32.2. The molecule has 0 aromatic heterocycles. The molecule has 2 aromatic carbocycles. The van der Waals surface area contributed by atoms with Gasteiger partial charge in [-0.3, -0.25) is 0 Å². The molecule has 0 aliphatic heterocycles. The van der Waals surface area contributed by atoms with E-state index in [1.54, 1.807) is 0 Å². The molecule has 94 valence electrons. The molecule has 0 bridgehead atoms. The summed E-state index contributed by atoms with van der Waals surface area (Å²) in [6.07, 6.45) is 0.959. The van der Waals surface area contributed by atoms with E-state index in [1.165, 1.54) is 26.5 Å². The van der Waals surface area contributed by atoms with Crippen LogP contribution in [0.2, 0.25) is 0 Å². The van der Waals surface area contributed by atoms with Gasteiger partial charge in [0.1, 0.15) is 0 Å². The average Bonchev–Trinajstić information content (AvgIpc) is 2.36. The standard InChI is InChI=1S/C16H19NS/c1-12-5-3-4-6-16(12)18-15-8-7-14(9-10-17)13(2)11-15/h3-8,11H,9-10,17H2,1-2H3. The number of aryl methyl sites for hydroxylation is 2. The fourth-order valence-corrected chi connectivity index (χ4v) is 2.97. The number of rotatable bonds is 4. The minimum Gasteiger partial charge on any atom is -0.330 e. The van der Waals surface area contributed by atoms with Crippen LogP contribution in [0, 0.1) is 13.8 Å². The van der Waals surface area contributed by atoms with Gasteiger partial charge in [-0.1, -0.05) is 36.0 Å². The van der Waals surface area contributed by atoms with Crippen LogP contribution in [0.1, 0.15) is 16.7 Å². The Labute approximate surface area is 113 Å². The zero-order chi connectivity index (χ0) is 13.0. The molecule has 0 atom stereocenters. The van der Waals surface area contributed by atoms with Crippen molar-refractivity contribution in [2.24, 2.45) is 5.73 Å². The molecule has 2 N–H and O–H groups in total. The summed E-state index contributed by atoms with van der Waals surface area (Å²) in [6.45, 7) is 5.02. The van der Waals surface area contributed by atoms with Crippen molar-refractivity contribution >= 4 is 11.8 Å². The highest BCUT2D eigenvalue weighted by Gasteiger charge is 2.03. The van der Waals surface area contributed by atoms with Crippen LogP contribution in [0.25, 0.3) is 0 Å². The Balaban J connectivity index is 2.20. The van der Waals surface area contributed by atoms with Gasteiger partial charge < -0.3 is 5.73 Å². The first-order chi connectivity index (χ1) is 8.70. The number of hydrogen-bond donors (Lipinski definition) is 1. The summed E-state index contributed by atoms with van der Waals surface area (Å²) >= 11 is 1.82. The van der Waals surface area contributed by atoms with Gasteiger partial charge in [-0.25, -0.2) is 0 Å². The average molecular weight is 257 g/mol. The van der Waals surface area contributed by atoms with E-state index in [1.807, 2.05) is 11.8 Å². The largest absolute Gasteiger partial charge is 0.330 e. The predicted molar refractivity (Wildman–Crippen MR) is 79.2 cm³/mol. The van der Waals surface area contributed by atoms with E-state index in [-0.39, 0.29) is 0 Å². The molecule has 0 amide bonds. The van der Waals surface area contributed by atoms with Crippen LogP contribution in [-0.4, -0.2) is 6.54 Å². The van der Waals surface area contributed by atoms with Crippen LogP contribution in [0.3, 0.4) is 0 Å². The third-order valence-corrected chi connectivity index (χ3v) is 4.22. The molecule has 0 saturated heterocycles. The lowest BCUT2D eigenvalue weighted by Gasteiger charge is -2.09. The second kappa shape index (κ2) is 6.07. The fraction of sp³-hybridized carbons (Fsp3) is 0.250. The maximum Gasteiger partial charge on any atom is 0.0151 e. The Morgan fingerprint density at radius 3 is 2.44 bits per heavy atom. The van der Waals surface area contributed by atoms with Crippen molar-refractivity contribution in [1.29, 1.82) is 0 Å². The number of hydrogen-bond acceptors (Lipinski definition) is 2. The first-order valence-electron chi connectivity index (χ1n) is 6.24. The van der Waals surface area contributed by atoms with Gasteiger partial charge in [0, 0.05) is 9.79 Å². The van der Waals surface area contributed by atoms with E-state index in [9.17, 15) is 0 Å². The van der Waals surface area contributed by atoms with Crippen molar-refractivity contribution in [3.05, 3.63) is 59.2 Å². The molecule has 0 saturated carbocycles. The zero-order valence-corrected chi connectivity index (χ0v) is 11.8. The molecule has 0 fully saturated rings. The van der Waals surface area contributed by atoms with Crippen LogP contribution in [0.5, 0.6) is 0 Å². The molecule has 0 heterocycles. The maximum atomic E-state index is 5.61. The first-order valence-corrected chi connectivity index (χ1v) is 7.05. The summed E-state index contributed by atoms with van der Waals surface area (Å²) < 4.78 is 0. The molecule has 0 spiro atoms. The Morgan fingerprint density at radius 1 is 1.00 bits per heavy atom. The minimum atomic E-state index is 0.713. The van der Waals surface area contributed by atoms with Crippen molar-refractivity contribution in [3.63, 3.8) is 0 Å². The lowest BCUT2D eigenvalue weighted by atomic mass is 10.1. The van der Waals surface area contributed by atoms with Crippen molar-refractivity contribution in [3.8, 4) is 0 Å². The third kappa shape index (κ3) is 3.15. The summed E-state index contributed by atoms with van der Waals surface area (Å²) in [6, 6.07) is 15.1. The molecule has 0 aliphatic rings. The Hall–Kier alpha value is -1.25. The van der Waals surface area contributed by atoms with E-state index < -0.39 is 0 Å². The van der Waals surface area contributed by atoms with Gasteiger partial charge in [-0.05, 0) is 61.7 Å². The zero-order valence-electron chi connectivity index (χ0n) is 10.9. The van der Waals surface area contributed by atoms with E-state index >= 15 is 0 Å². The summed E-state index contributed by atoms with van der Waals surface area (Å²) in [4.78, 5) is 2.62. The topological polar surface area (TPSA) is 26.0 Å². The molecule has 2 heteroatoms. The number of benzene rings is 2. The van der Waals surface area contributed by atoms with Gasteiger partial charge in [-0.2, -0.15) is 0 Å². The monoisotopic (exact) mass is 257 g/mol. The summed E-state index contributed by atoms with van der Waals surface area (Å²) in [7, 11) is 0. The fourth-order valence-electron chi connectivity index (χ4n) is 1.97. The van der Waals surface area contributed by atoms with Gasteiger partial charge >= 0.3 is 0 Å². The van der Waals surface area contributed by atoms with Gasteiger partial charge in [0.05, 0.1) is 0 Å². The minimum absolute atomic E-state index is 0.713. The lowest BCUT2D eigenvalue weighted by Crippen LogP contribution is -2.03. The molecule has 2 aromatic rings. The van der Waals surface area contributed by atoms with Crippen LogP contribution in [-0.2, 0) is 6.42 Å². The summed E-state index contributed by atoms with van der Waals surface area (Å²) in [5.74, 6) is 0. The van der Waals surface area contributed by atoms with Crippen molar-refractivity contribution in [2.45, 2.75) is 30.1 Å². The molecule has 1 nitrogen and oxygen atoms in total. The highest BCUT2D eigenvalue weighted by molar-refractivity contribution is 7.99. The normalized spacial score (nSPS) is 10.6. The Bertz CT molecular complexity index is 534. The summed E-state index contributed by atoms with van der Waals surface area (Å²) in [5, 5.41) is 0. The second-order valence-electron chi connectivity index (χ2n) is 4.49. The molecule has 0 radical (unpaired) electrons. The van der Waals surface area contributed by atoms with Crippen molar-refractivity contribution in [2.75, 3.05) is 6.54 Å². The van der Waals surface area contributed by atoms with Crippen molar-refractivity contribution in [1.82, 2.24) is 0 Å². The molecular weight excluding hydrogens is 238 g/mol. The lowest BCUT2D eigenvalue weighted by molar-refractivity contribution is 0.954. The quantitative estimate of drug-likeness (QED) is 0.897. The Kier molecular flexibility index (Phi) is 4.45. The maximum absolute atomic E-state index is 5.61. The molecule has 2 rings (SSSR count). The summed E-state index contributed by atoms with van der Waals surface area (Å²) in [5.41, 5.74) is 9.62. The van der Waals surface area contributed by atoms with Gasteiger partial charge in [0.25, 0.3) is 0 Å². The SMILES string of the molecule is Cc1cc(Sc2ccccc2C)ccc1CCN. The van der Waals surface area contributed by atoms with Crippen LogP contribution in [0.4, 0.5) is 0 Å². The molecular formula is C16H19NS.